The maximum atomic E-state index is 13.7. The Balaban J connectivity index is 3.03. The van der Waals surface area contributed by atoms with Gasteiger partial charge in [0.05, 0.1) is 9.99 Å². The number of aromatic nitrogens is 1. The molecule has 0 spiro atoms. The van der Waals surface area contributed by atoms with Crippen molar-refractivity contribution < 1.29 is 4.39 Å². The quantitative estimate of drug-likeness (QED) is 0.807. The van der Waals surface area contributed by atoms with Gasteiger partial charge in [0, 0.05) is 5.39 Å². The molecule has 0 saturated heterocycles. The van der Waals surface area contributed by atoms with E-state index >= 15 is 0 Å². The molecule has 0 atom stereocenters. The maximum Gasteiger partial charge on any atom is 0.266 e. The highest BCUT2D eigenvalue weighted by atomic mass is 79.9. The number of halogens is 2. The highest BCUT2D eigenvalue weighted by Crippen LogP contribution is 2.26. The lowest BCUT2D eigenvalue weighted by Gasteiger charge is -2.05. The van der Waals surface area contributed by atoms with Crippen LogP contribution >= 0.6 is 15.9 Å². The second-order valence-corrected chi connectivity index (χ2v) is 4.26. The number of nitrogens with one attached hydrogen (secondary N) is 1. The van der Waals surface area contributed by atoms with Gasteiger partial charge in [-0.05, 0) is 40.5 Å². The van der Waals surface area contributed by atoms with E-state index in [1.807, 2.05) is 0 Å². The average Bonchev–Trinajstić information content (AvgIpc) is 2.25. The molecular formula is C11H6BrFN2O. The molecule has 80 valence electrons. The number of pyridine rings is 1. The Labute approximate surface area is 98.6 Å². The lowest BCUT2D eigenvalue weighted by atomic mass is 10.1. The summed E-state index contributed by atoms with van der Waals surface area (Å²) in [4.78, 5) is 13.9. The van der Waals surface area contributed by atoms with Crippen LogP contribution < -0.4 is 5.56 Å². The summed E-state index contributed by atoms with van der Waals surface area (Å²) in [5.41, 5.74) is 0.568. The number of fused-ring (bicyclic) bond motifs is 1. The predicted molar refractivity (Wildman–Crippen MR) is 61.7 cm³/mol. The molecule has 0 saturated carbocycles. The largest absolute Gasteiger partial charge is 0.320 e. The Morgan fingerprint density at radius 1 is 1.50 bits per heavy atom. The van der Waals surface area contributed by atoms with Crippen LogP contribution in [0.15, 0.2) is 21.4 Å². The van der Waals surface area contributed by atoms with Crippen LogP contribution in [0.2, 0.25) is 0 Å². The molecule has 0 unspecified atom stereocenters. The standard InChI is InChI=1S/C11H6BrFN2O/c1-5-2-8(12)9(13)7-3-6(4-14)11(16)15-10(5)7/h2-3H,1H3,(H,15,16). The number of nitriles is 1. The summed E-state index contributed by atoms with van der Waals surface area (Å²) in [6.07, 6.45) is 0. The summed E-state index contributed by atoms with van der Waals surface area (Å²) in [6.45, 7) is 1.76. The number of H-pyrrole nitrogens is 1. The van der Waals surface area contributed by atoms with Crippen molar-refractivity contribution in [3.63, 3.8) is 0 Å². The minimum absolute atomic E-state index is 0.0936. The second kappa shape index (κ2) is 3.72. The van der Waals surface area contributed by atoms with Gasteiger partial charge in [-0.15, -0.1) is 0 Å². The van der Waals surface area contributed by atoms with Gasteiger partial charge in [0.15, 0.2) is 0 Å². The first-order chi connectivity index (χ1) is 7.54. The van der Waals surface area contributed by atoms with Gasteiger partial charge in [-0.3, -0.25) is 4.79 Å². The Kier molecular flexibility index (Phi) is 2.52. The van der Waals surface area contributed by atoms with Crippen molar-refractivity contribution in [3.8, 4) is 6.07 Å². The molecule has 3 nitrogen and oxygen atoms in total. The van der Waals surface area contributed by atoms with Gasteiger partial charge in [0.1, 0.15) is 17.4 Å². The fourth-order valence-corrected chi connectivity index (χ4v) is 2.11. The van der Waals surface area contributed by atoms with Crippen LogP contribution in [-0.4, -0.2) is 4.98 Å². The fraction of sp³-hybridized carbons (Fsp3) is 0.0909. The van der Waals surface area contributed by atoms with Crippen LogP contribution in [0.4, 0.5) is 4.39 Å². The third-order valence-electron chi connectivity index (χ3n) is 2.35. The summed E-state index contributed by atoms with van der Waals surface area (Å²) in [7, 11) is 0. The van der Waals surface area contributed by atoms with E-state index in [-0.39, 0.29) is 10.9 Å². The molecule has 0 aliphatic heterocycles. The Bertz CT molecular complexity index is 685. The number of benzene rings is 1. The molecule has 0 fully saturated rings. The molecule has 0 radical (unpaired) electrons. The summed E-state index contributed by atoms with van der Waals surface area (Å²) in [5, 5.41) is 8.94. The average molecular weight is 281 g/mol. The van der Waals surface area contributed by atoms with Gasteiger partial charge in [0.25, 0.3) is 5.56 Å². The molecule has 0 aliphatic carbocycles. The molecule has 2 rings (SSSR count). The van der Waals surface area contributed by atoms with Crippen molar-refractivity contribution in [2.75, 3.05) is 0 Å². The normalized spacial score (nSPS) is 10.4. The van der Waals surface area contributed by atoms with E-state index in [1.165, 1.54) is 6.07 Å². The summed E-state index contributed by atoms with van der Waals surface area (Å²) in [6, 6.07) is 4.58. The van der Waals surface area contributed by atoms with E-state index in [0.29, 0.717) is 9.99 Å². The molecule has 1 heterocycles. The van der Waals surface area contributed by atoms with Crippen LogP contribution in [0.5, 0.6) is 0 Å². The third-order valence-corrected chi connectivity index (χ3v) is 2.92. The molecule has 2 aromatic rings. The Hall–Kier alpha value is -1.67. The van der Waals surface area contributed by atoms with E-state index in [1.54, 1.807) is 19.1 Å². The minimum Gasteiger partial charge on any atom is -0.320 e. The molecule has 0 aliphatic rings. The smallest absolute Gasteiger partial charge is 0.266 e. The van der Waals surface area contributed by atoms with Crippen LogP contribution in [-0.2, 0) is 0 Å². The first-order valence-electron chi connectivity index (χ1n) is 4.46. The van der Waals surface area contributed by atoms with Crippen molar-refractivity contribution in [3.05, 3.63) is 43.9 Å². The van der Waals surface area contributed by atoms with Gasteiger partial charge in [-0.1, -0.05) is 0 Å². The SMILES string of the molecule is Cc1cc(Br)c(F)c2cc(C#N)c(=O)[nH]c12. The third kappa shape index (κ3) is 1.51. The zero-order valence-corrected chi connectivity index (χ0v) is 9.85. The van der Waals surface area contributed by atoms with E-state index < -0.39 is 11.4 Å². The number of hydrogen-bond donors (Lipinski definition) is 1. The van der Waals surface area contributed by atoms with Gasteiger partial charge >= 0.3 is 0 Å². The monoisotopic (exact) mass is 280 g/mol. The Morgan fingerprint density at radius 2 is 2.19 bits per heavy atom. The maximum absolute atomic E-state index is 13.7. The van der Waals surface area contributed by atoms with E-state index in [4.69, 9.17) is 5.26 Å². The van der Waals surface area contributed by atoms with Gasteiger partial charge in [0.2, 0.25) is 0 Å². The van der Waals surface area contributed by atoms with Crippen molar-refractivity contribution in [2.45, 2.75) is 6.92 Å². The molecule has 1 N–H and O–H groups in total. The number of nitrogens with zero attached hydrogens (tertiary/aromatic N) is 1. The number of hydrogen-bond acceptors (Lipinski definition) is 2. The van der Waals surface area contributed by atoms with Crippen LogP contribution in [0, 0.1) is 24.1 Å². The molecule has 1 aromatic carbocycles. The van der Waals surface area contributed by atoms with Crippen LogP contribution in [0.1, 0.15) is 11.1 Å². The first kappa shape index (κ1) is 10.8. The van der Waals surface area contributed by atoms with Crippen molar-refractivity contribution in [2.24, 2.45) is 0 Å². The van der Waals surface area contributed by atoms with E-state index in [2.05, 4.69) is 20.9 Å². The van der Waals surface area contributed by atoms with Crippen LogP contribution in [0.3, 0.4) is 0 Å². The highest BCUT2D eigenvalue weighted by Gasteiger charge is 2.11. The van der Waals surface area contributed by atoms with Gasteiger partial charge in [-0.2, -0.15) is 5.26 Å². The highest BCUT2D eigenvalue weighted by molar-refractivity contribution is 9.10. The summed E-state index contributed by atoms with van der Waals surface area (Å²) >= 11 is 3.08. The van der Waals surface area contributed by atoms with Crippen molar-refractivity contribution >= 4 is 26.8 Å². The first-order valence-corrected chi connectivity index (χ1v) is 5.25. The fourth-order valence-electron chi connectivity index (χ4n) is 1.55. The molecule has 1 aromatic heterocycles. The van der Waals surface area contributed by atoms with E-state index in [9.17, 15) is 9.18 Å². The molecule has 0 bridgehead atoms. The van der Waals surface area contributed by atoms with Gasteiger partial charge in [-0.25, -0.2) is 4.39 Å². The lowest BCUT2D eigenvalue weighted by molar-refractivity contribution is 0.632. The van der Waals surface area contributed by atoms with Gasteiger partial charge < -0.3 is 4.98 Å². The minimum atomic E-state index is -0.500. The lowest BCUT2D eigenvalue weighted by Crippen LogP contribution is -2.10. The zero-order chi connectivity index (χ0) is 11.9. The van der Waals surface area contributed by atoms with Crippen molar-refractivity contribution in [1.29, 1.82) is 5.26 Å². The number of rotatable bonds is 0. The topological polar surface area (TPSA) is 56.6 Å². The number of aryl methyl sites for hydroxylation is 1. The zero-order valence-electron chi connectivity index (χ0n) is 8.27. The molecule has 16 heavy (non-hydrogen) atoms. The molecule has 5 heteroatoms. The predicted octanol–water partition coefficient (Wildman–Crippen LogP) is 2.61. The number of aromatic amines is 1. The summed E-state index contributed by atoms with van der Waals surface area (Å²) < 4.78 is 14.1. The van der Waals surface area contributed by atoms with E-state index in [0.717, 1.165) is 5.56 Å². The second-order valence-electron chi connectivity index (χ2n) is 3.40. The summed E-state index contributed by atoms with van der Waals surface area (Å²) in [5.74, 6) is -0.478. The van der Waals surface area contributed by atoms with Crippen LogP contribution in [0.25, 0.3) is 10.9 Å². The Morgan fingerprint density at radius 3 is 2.81 bits per heavy atom. The molecule has 0 amide bonds. The molecular weight excluding hydrogens is 275 g/mol. The van der Waals surface area contributed by atoms with Crippen molar-refractivity contribution in [1.82, 2.24) is 4.98 Å².